The minimum atomic E-state index is -1.56. The van der Waals surface area contributed by atoms with Crippen LogP contribution in [0.5, 0.6) is 0 Å². The van der Waals surface area contributed by atoms with Crippen molar-refractivity contribution in [2.75, 3.05) is 6.54 Å². The summed E-state index contributed by atoms with van der Waals surface area (Å²) >= 11 is 0. The molecule has 17 heteroatoms. The third-order valence-corrected chi connectivity index (χ3v) is 12.4. The van der Waals surface area contributed by atoms with Crippen LogP contribution in [-0.2, 0) is 64.3 Å². The number of hydrogen-bond donors (Lipinski definition) is 5. The molecule has 1 spiro atoms. The molecule has 0 radical (unpaired) electrons. The van der Waals surface area contributed by atoms with E-state index in [2.05, 4.69) is 21.3 Å². The maximum atomic E-state index is 13.7. The second kappa shape index (κ2) is 23.0. The molecular formula is C50H58N4O13. The van der Waals surface area contributed by atoms with E-state index in [-0.39, 0.29) is 33.0 Å². The predicted molar refractivity (Wildman–Crippen MR) is 240 cm³/mol. The maximum Gasteiger partial charge on any atom is 0.407 e. The van der Waals surface area contributed by atoms with Crippen LogP contribution >= 0.6 is 0 Å². The van der Waals surface area contributed by atoms with Crippen LogP contribution in [0.2, 0.25) is 0 Å². The summed E-state index contributed by atoms with van der Waals surface area (Å²) in [4.78, 5) is 53.5. The Labute approximate surface area is 389 Å². The summed E-state index contributed by atoms with van der Waals surface area (Å²) in [6, 6.07) is 33.4. The van der Waals surface area contributed by atoms with Crippen molar-refractivity contribution in [3.63, 3.8) is 0 Å². The Balaban J connectivity index is 1.05. The third-order valence-electron chi connectivity index (χ3n) is 12.4. The number of ether oxygens (including phenoxy) is 8. The highest BCUT2D eigenvalue weighted by Crippen LogP contribution is 2.46. The summed E-state index contributed by atoms with van der Waals surface area (Å²) < 4.78 is 49.3. The Hall–Kier alpha value is -6.24. The molecule has 2 saturated carbocycles. The van der Waals surface area contributed by atoms with Gasteiger partial charge in [-0.25, -0.2) is 19.2 Å². The van der Waals surface area contributed by atoms with Crippen molar-refractivity contribution >= 4 is 24.4 Å². The monoisotopic (exact) mass is 922 g/mol. The second-order valence-corrected chi connectivity index (χ2v) is 17.2. The van der Waals surface area contributed by atoms with Crippen molar-refractivity contribution in [2.45, 2.75) is 132 Å². The van der Waals surface area contributed by atoms with Gasteiger partial charge in [-0.3, -0.25) is 0 Å². The largest absolute Gasteiger partial charge is 0.445 e. The lowest BCUT2D eigenvalue weighted by molar-refractivity contribution is -0.262. The van der Waals surface area contributed by atoms with Gasteiger partial charge in [0.05, 0.1) is 30.3 Å². The van der Waals surface area contributed by atoms with Crippen LogP contribution in [-0.4, -0.2) is 96.7 Å². The van der Waals surface area contributed by atoms with Crippen LogP contribution in [0.4, 0.5) is 19.2 Å². The number of carbonyl (C=O) groups excluding carboxylic acids is 4. The number of benzene rings is 4. The summed E-state index contributed by atoms with van der Waals surface area (Å²) in [5.41, 5.74) is 3.10. The Bertz CT molecular complexity index is 2200. The molecule has 17 nitrogen and oxygen atoms in total. The van der Waals surface area contributed by atoms with Crippen molar-refractivity contribution in [2.24, 2.45) is 0 Å². The number of fused-ring (bicyclic) bond motifs is 1. The summed E-state index contributed by atoms with van der Waals surface area (Å²) in [5.74, 6) is -1.08. The van der Waals surface area contributed by atoms with Gasteiger partial charge in [0.2, 0.25) is 0 Å². The fourth-order valence-electron chi connectivity index (χ4n) is 8.94. The average Bonchev–Trinajstić information content (AvgIpc) is 3.72. The highest BCUT2D eigenvalue weighted by Gasteiger charge is 2.62. The summed E-state index contributed by atoms with van der Waals surface area (Å²) in [6.45, 7) is 0.000350. The molecule has 0 bridgehead atoms. The normalized spacial score (nSPS) is 26.3. The Morgan fingerprint density at radius 3 is 1.51 bits per heavy atom. The first kappa shape index (κ1) is 47.3. The van der Waals surface area contributed by atoms with Gasteiger partial charge in [-0.1, -0.05) is 128 Å². The summed E-state index contributed by atoms with van der Waals surface area (Å²) in [5, 5.41) is 23.7. The van der Waals surface area contributed by atoms with E-state index in [4.69, 9.17) is 37.9 Å². The van der Waals surface area contributed by atoms with Gasteiger partial charge in [0, 0.05) is 19.4 Å². The zero-order chi connectivity index (χ0) is 46.4. The molecule has 9 atom stereocenters. The smallest absolute Gasteiger partial charge is 0.407 e. The lowest BCUT2D eigenvalue weighted by atomic mass is 9.81. The molecule has 4 fully saturated rings. The van der Waals surface area contributed by atoms with E-state index in [9.17, 15) is 24.3 Å². The van der Waals surface area contributed by atoms with Crippen molar-refractivity contribution in [1.82, 2.24) is 21.3 Å². The molecule has 4 aromatic rings. The standard InChI is InChI=1S/C50H58N4O13/c55-41-39(53-48(58)62-31-35-20-10-3-11-21-35)42(44-43(66-50(67-44)26-14-5-15-27-50)40(41)54-49(59)63-32-36-22-12-4-13-23-36)65-45-38(52-47(57)61-30-34-18-8-2-9-19-34)25-24-37(64-45)28-51-46(56)60-29-33-16-6-1-7-17-33/h1-4,6-13,16-23,37-45,55H,5,14-15,24-32H2,(H,51,56)(H,52,57)(H,53,58)(H,54,59)/t37?,38?,39-,40+,41?,42?,43+,44?,45-/m0/s1. The van der Waals surface area contributed by atoms with E-state index in [0.29, 0.717) is 25.7 Å². The predicted octanol–water partition coefficient (Wildman–Crippen LogP) is 6.51. The first-order valence-corrected chi connectivity index (χ1v) is 22.9. The molecular weight excluding hydrogens is 865 g/mol. The number of aliphatic hydroxyl groups excluding tert-OH is 1. The van der Waals surface area contributed by atoms with E-state index in [1.54, 1.807) is 12.1 Å². The van der Waals surface area contributed by atoms with E-state index in [0.717, 1.165) is 41.5 Å². The number of nitrogens with one attached hydrogen (secondary N) is 4. The Kier molecular flexibility index (Phi) is 16.2. The van der Waals surface area contributed by atoms with Gasteiger partial charge in [0.15, 0.2) is 12.1 Å². The SMILES string of the molecule is O=C(NCC1CCC(NC(=O)OCc2ccccc2)[C@H](OC2C3OC4(CCCCC4)O[C@@H]3[C@H](NC(=O)OCc3ccccc3)C(O)[C@@H]2NC(=O)OCc2ccccc2)O1)OCc1ccccc1. The van der Waals surface area contributed by atoms with Gasteiger partial charge in [-0.15, -0.1) is 0 Å². The third kappa shape index (κ3) is 13.0. The molecule has 4 aliphatic rings. The van der Waals surface area contributed by atoms with Crippen LogP contribution in [0.25, 0.3) is 0 Å². The van der Waals surface area contributed by atoms with Gasteiger partial charge < -0.3 is 64.3 Å². The van der Waals surface area contributed by atoms with Gasteiger partial charge >= 0.3 is 24.4 Å². The van der Waals surface area contributed by atoms with Crippen LogP contribution in [0, 0.1) is 0 Å². The van der Waals surface area contributed by atoms with Crippen molar-refractivity contribution in [1.29, 1.82) is 0 Å². The molecule has 2 aliphatic heterocycles. The van der Waals surface area contributed by atoms with Crippen LogP contribution in [0.3, 0.4) is 0 Å². The molecule has 2 saturated heterocycles. The molecule has 0 aromatic heterocycles. The van der Waals surface area contributed by atoms with E-state index in [1.165, 1.54) is 0 Å². The van der Waals surface area contributed by atoms with Crippen LogP contribution in [0.1, 0.15) is 67.2 Å². The Morgan fingerprint density at radius 2 is 1.00 bits per heavy atom. The van der Waals surface area contributed by atoms with Gasteiger partial charge in [0.1, 0.15) is 44.7 Å². The van der Waals surface area contributed by atoms with Gasteiger partial charge in [-0.05, 0) is 47.9 Å². The maximum absolute atomic E-state index is 13.7. The number of amides is 4. The molecule has 2 heterocycles. The minimum Gasteiger partial charge on any atom is -0.445 e. The van der Waals surface area contributed by atoms with Crippen LogP contribution in [0.15, 0.2) is 121 Å². The van der Waals surface area contributed by atoms with Gasteiger partial charge in [0.25, 0.3) is 0 Å². The molecule has 4 aromatic carbocycles. The molecule has 5 N–H and O–H groups in total. The Morgan fingerprint density at radius 1 is 0.552 bits per heavy atom. The molecule has 4 amide bonds. The molecule has 356 valence electrons. The van der Waals surface area contributed by atoms with Crippen molar-refractivity contribution in [3.05, 3.63) is 144 Å². The molecule has 2 aliphatic carbocycles. The number of aliphatic hydroxyl groups is 1. The first-order valence-electron chi connectivity index (χ1n) is 22.9. The minimum absolute atomic E-state index is 0.00844. The van der Waals surface area contributed by atoms with Crippen LogP contribution < -0.4 is 21.3 Å². The average molecular weight is 923 g/mol. The van der Waals surface area contributed by atoms with E-state index < -0.39 is 85.1 Å². The summed E-state index contributed by atoms with van der Waals surface area (Å²) in [7, 11) is 0. The van der Waals surface area contributed by atoms with Crippen molar-refractivity contribution in [3.8, 4) is 0 Å². The van der Waals surface area contributed by atoms with E-state index in [1.807, 2.05) is 109 Å². The molecule has 8 rings (SSSR count). The highest BCUT2D eigenvalue weighted by molar-refractivity contribution is 5.69. The first-order chi connectivity index (χ1) is 32.7. The number of rotatable bonds is 15. The quantitative estimate of drug-likeness (QED) is 0.0807. The topological polar surface area (TPSA) is 210 Å². The van der Waals surface area contributed by atoms with E-state index >= 15 is 0 Å². The zero-order valence-electron chi connectivity index (χ0n) is 37.1. The number of carbonyl (C=O) groups is 4. The molecule has 67 heavy (non-hydrogen) atoms. The lowest BCUT2D eigenvalue weighted by Gasteiger charge is -2.47. The van der Waals surface area contributed by atoms with Crippen molar-refractivity contribution < 1.29 is 62.2 Å². The zero-order valence-corrected chi connectivity index (χ0v) is 37.1. The lowest BCUT2D eigenvalue weighted by Crippen LogP contribution is -2.72. The number of hydrogen-bond acceptors (Lipinski definition) is 13. The highest BCUT2D eigenvalue weighted by atomic mass is 16.8. The van der Waals surface area contributed by atoms with Gasteiger partial charge in [-0.2, -0.15) is 0 Å². The molecule has 5 unspecified atom stereocenters. The fraction of sp³-hybridized carbons (Fsp3) is 0.440. The second-order valence-electron chi connectivity index (χ2n) is 17.2. The fourth-order valence-corrected chi connectivity index (χ4v) is 8.94. The number of alkyl carbamates (subject to hydrolysis) is 4. The summed E-state index contributed by atoms with van der Waals surface area (Å²) in [6.07, 6.45) is -5.39.